The summed E-state index contributed by atoms with van der Waals surface area (Å²) in [5.74, 6) is 0.121. The van der Waals surface area contributed by atoms with Crippen molar-refractivity contribution in [3.8, 4) is 5.75 Å². The van der Waals surface area contributed by atoms with Gasteiger partial charge in [-0.2, -0.15) is 0 Å². The van der Waals surface area contributed by atoms with Gasteiger partial charge in [0.25, 0.3) is 5.91 Å². The number of ether oxygens (including phenoxy) is 1. The third-order valence-corrected chi connectivity index (χ3v) is 2.34. The Balaban J connectivity index is 2.31. The highest BCUT2D eigenvalue weighted by Crippen LogP contribution is 2.23. The highest BCUT2D eigenvalue weighted by Gasteiger charge is 2.20. The average molecular weight is 207 g/mol. The summed E-state index contributed by atoms with van der Waals surface area (Å²) in [7, 11) is 0. The van der Waals surface area contributed by atoms with Crippen LogP contribution in [0.1, 0.15) is 5.56 Å². The molecule has 4 heteroatoms. The molecule has 0 saturated carbocycles. The number of benzene rings is 1. The van der Waals surface area contributed by atoms with Gasteiger partial charge in [-0.3, -0.25) is 4.79 Å². The molecular weight excluding hydrogens is 194 g/mol. The zero-order valence-corrected chi connectivity index (χ0v) is 8.56. The van der Waals surface area contributed by atoms with Gasteiger partial charge in [0.2, 0.25) is 0 Å². The van der Waals surface area contributed by atoms with E-state index < -0.39 is 0 Å². The van der Waals surface area contributed by atoms with E-state index in [0.29, 0.717) is 13.2 Å². The van der Waals surface area contributed by atoms with Crippen molar-refractivity contribution in [1.29, 1.82) is 0 Å². The number of hydrogen-bond acceptors (Lipinski definition) is 3. The molecule has 15 heavy (non-hydrogen) atoms. The summed E-state index contributed by atoms with van der Waals surface area (Å²) >= 11 is 0. The number of carbonyl (C=O) groups excluding carboxylic acids is 1. The number of phenolic OH excluding ortho intramolecular Hbond substituents is 1. The van der Waals surface area contributed by atoms with E-state index in [9.17, 15) is 9.90 Å². The summed E-state index contributed by atoms with van der Waals surface area (Å²) < 4.78 is 5.04. The van der Waals surface area contributed by atoms with Gasteiger partial charge >= 0.3 is 0 Å². The van der Waals surface area contributed by atoms with Crippen molar-refractivity contribution in [3.63, 3.8) is 0 Å². The van der Waals surface area contributed by atoms with Crippen LogP contribution in [0.25, 0.3) is 0 Å². The molecule has 1 aliphatic rings. The Bertz CT molecular complexity index is 369. The van der Waals surface area contributed by atoms with E-state index in [0.717, 1.165) is 11.3 Å². The monoisotopic (exact) mass is 207 g/mol. The molecule has 0 spiro atoms. The fourth-order valence-corrected chi connectivity index (χ4v) is 1.69. The second-order valence-corrected chi connectivity index (χ2v) is 3.62. The number of morpholine rings is 1. The van der Waals surface area contributed by atoms with Crippen molar-refractivity contribution in [2.75, 3.05) is 24.7 Å². The molecule has 1 fully saturated rings. The van der Waals surface area contributed by atoms with Crippen LogP contribution in [-0.2, 0) is 9.53 Å². The normalized spacial score (nSPS) is 16.9. The maximum atomic E-state index is 11.5. The highest BCUT2D eigenvalue weighted by molar-refractivity contribution is 5.95. The minimum atomic E-state index is -0.0637. The Hall–Kier alpha value is -1.55. The molecule has 2 rings (SSSR count). The van der Waals surface area contributed by atoms with Gasteiger partial charge in [0, 0.05) is 18.3 Å². The van der Waals surface area contributed by atoms with Gasteiger partial charge in [0.05, 0.1) is 6.61 Å². The second kappa shape index (κ2) is 3.90. The SMILES string of the molecule is Cc1cc(O)cc(N2CCOCC2=O)c1. The molecular formula is C11H13NO3. The van der Waals surface area contributed by atoms with E-state index in [-0.39, 0.29) is 18.3 Å². The zero-order valence-electron chi connectivity index (χ0n) is 8.56. The highest BCUT2D eigenvalue weighted by atomic mass is 16.5. The summed E-state index contributed by atoms with van der Waals surface area (Å²) in [4.78, 5) is 13.2. The topological polar surface area (TPSA) is 49.8 Å². The van der Waals surface area contributed by atoms with Crippen molar-refractivity contribution >= 4 is 11.6 Å². The van der Waals surface area contributed by atoms with Gasteiger partial charge in [-0.25, -0.2) is 0 Å². The smallest absolute Gasteiger partial charge is 0.253 e. The number of nitrogens with zero attached hydrogens (tertiary/aromatic N) is 1. The summed E-state index contributed by atoms with van der Waals surface area (Å²) in [6.07, 6.45) is 0. The van der Waals surface area contributed by atoms with E-state index in [2.05, 4.69) is 0 Å². The lowest BCUT2D eigenvalue weighted by Gasteiger charge is -2.27. The number of aryl methyl sites for hydroxylation is 1. The van der Waals surface area contributed by atoms with Crippen molar-refractivity contribution in [1.82, 2.24) is 0 Å². The van der Waals surface area contributed by atoms with Crippen molar-refractivity contribution in [2.24, 2.45) is 0 Å². The van der Waals surface area contributed by atoms with E-state index in [1.165, 1.54) is 0 Å². The minimum Gasteiger partial charge on any atom is -0.508 e. The Labute approximate surface area is 88.1 Å². The first-order chi connectivity index (χ1) is 7.16. The van der Waals surface area contributed by atoms with Crippen LogP contribution in [0.15, 0.2) is 18.2 Å². The standard InChI is InChI=1S/C11H13NO3/c1-8-4-9(6-10(13)5-8)12-2-3-15-7-11(12)14/h4-6,13H,2-3,7H2,1H3. The van der Waals surface area contributed by atoms with Crippen LogP contribution < -0.4 is 4.90 Å². The quantitative estimate of drug-likeness (QED) is 0.749. The molecule has 1 aromatic carbocycles. The third kappa shape index (κ3) is 2.10. The molecule has 80 valence electrons. The Kier molecular flexibility index (Phi) is 2.60. The fraction of sp³-hybridized carbons (Fsp3) is 0.364. The lowest BCUT2D eigenvalue weighted by atomic mass is 10.2. The van der Waals surface area contributed by atoms with Crippen LogP contribution in [-0.4, -0.2) is 30.8 Å². The number of phenols is 1. The maximum absolute atomic E-state index is 11.5. The molecule has 1 N–H and O–H groups in total. The molecule has 0 radical (unpaired) electrons. The lowest BCUT2D eigenvalue weighted by Crippen LogP contribution is -2.41. The number of hydrogen-bond donors (Lipinski definition) is 1. The molecule has 0 aromatic heterocycles. The molecule has 1 saturated heterocycles. The summed E-state index contributed by atoms with van der Waals surface area (Å²) in [6, 6.07) is 5.13. The van der Waals surface area contributed by atoms with Crippen molar-refractivity contribution < 1.29 is 14.6 Å². The van der Waals surface area contributed by atoms with Gasteiger partial charge in [0.15, 0.2) is 0 Å². The van der Waals surface area contributed by atoms with Crippen LogP contribution in [0.3, 0.4) is 0 Å². The Morgan fingerprint density at radius 3 is 2.87 bits per heavy atom. The van der Waals surface area contributed by atoms with E-state index in [1.54, 1.807) is 17.0 Å². The minimum absolute atomic E-state index is 0.0637. The van der Waals surface area contributed by atoms with Crippen molar-refractivity contribution in [3.05, 3.63) is 23.8 Å². The first kappa shape index (κ1) is 9.98. The molecule has 0 unspecified atom stereocenters. The number of rotatable bonds is 1. The predicted octanol–water partition coefficient (Wildman–Crippen LogP) is 1.06. The summed E-state index contributed by atoms with van der Waals surface area (Å²) in [5, 5.41) is 9.44. The molecule has 0 bridgehead atoms. The van der Waals surface area contributed by atoms with Gasteiger partial charge in [-0.05, 0) is 24.6 Å². The van der Waals surface area contributed by atoms with E-state index in [1.807, 2.05) is 13.0 Å². The molecule has 1 heterocycles. The molecule has 4 nitrogen and oxygen atoms in total. The average Bonchev–Trinajstić information content (AvgIpc) is 2.16. The fourth-order valence-electron chi connectivity index (χ4n) is 1.69. The lowest BCUT2D eigenvalue weighted by molar-refractivity contribution is -0.125. The van der Waals surface area contributed by atoms with Gasteiger partial charge in [0.1, 0.15) is 12.4 Å². The summed E-state index contributed by atoms with van der Waals surface area (Å²) in [6.45, 7) is 3.09. The largest absolute Gasteiger partial charge is 0.508 e. The number of carbonyl (C=O) groups is 1. The Morgan fingerprint density at radius 2 is 2.20 bits per heavy atom. The van der Waals surface area contributed by atoms with Crippen LogP contribution in [0.4, 0.5) is 5.69 Å². The number of anilines is 1. The first-order valence-electron chi connectivity index (χ1n) is 4.85. The molecule has 1 aromatic rings. The number of amides is 1. The second-order valence-electron chi connectivity index (χ2n) is 3.62. The van der Waals surface area contributed by atoms with E-state index in [4.69, 9.17) is 4.74 Å². The van der Waals surface area contributed by atoms with Gasteiger partial charge < -0.3 is 14.7 Å². The van der Waals surface area contributed by atoms with Gasteiger partial charge in [-0.15, -0.1) is 0 Å². The first-order valence-corrected chi connectivity index (χ1v) is 4.85. The maximum Gasteiger partial charge on any atom is 0.253 e. The molecule has 0 aliphatic carbocycles. The zero-order chi connectivity index (χ0) is 10.8. The van der Waals surface area contributed by atoms with Crippen LogP contribution in [0, 0.1) is 6.92 Å². The van der Waals surface area contributed by atoms with Crippen LogP contribution in [0.5, 0.6) is 5.75 Å². The number of aromatic hydroxyl groups is 1. The van der Waals surface area contributed by atoms with Crippen LogP contribution in [0.2, 0.25) is 0 Å². The summed E-state index contributed by atoms with van der Waals surface area (Å²) in [5.41, 5.74) is 1.67. The predicted molar refractivity (Wildman–Crippen MR) is 56.0 cm³/mol. The third-order valence-electron chi connectivity index (χ3n) is 2.34. The van der Waals surface area contributed by atoms with Gasteiger partial charge in [-0.1, -0.05) is 0 Å². The molecule has 0 atom stereocenters. The Morgan fingerprint density at radius 1 is 1.40 bits per heavy atom. The molecule has 1 amide bonds. The van der Waals surface area contributed by atoms with Crippen LogP contribution >= 0.6 is 0 Å². The van der Waals surface area contributed by atoms with E-state index >= 15 is 0 Å². The molecule has 1 aliphatic heterocycles. The van der Waals surface area contributed by atoms with Crippen molar-refractivity contribution in [2.45, 2.75) is 6.92 Å².